The summed E-state index contributed by atoms with van der Waals surface area (Å²) in [5, 5.41) is 0. The highest BCUT2D eigenvalue weighted by Gasteiger charge is 2.33. The molecule has 0 bridgehead atoms. The van der Waals surface area contributed by atoms with Gasteiger partial charge in [0.15, 0.2) is 0 Å². The lowest BCUT2D eigenvalue weighted by molar-refractivity contribution is -0.170. The summed E-state index contributed by atoms with van der Waals surface area (Å²) in [5.74, 6) is -2.58. The molecular weight excluding hydrogens is 203 g/mol. The Morgan fingerprint density at radius 1 is 1.36 bits per heavy atom. The standard InChI is InChI=1S/C7H10F3NO3/c1-3-14-6(13)5(12)11(2)4-7(8,9)10/h3-4H2,1-2H3. The van der Waals surface area contributed by atoms with Crippen LogP contribution in [0.1, 0.15) is 6.92 Å². The zero-order valence-electron chi connectivity index (χ0n) is 7.72. The number of esters is 1. The first-order chi connectivity index (χ1) is 6.28. The van der Waals surface area contributed by atoms with Gasteiger partial charge in [-0.25, -0.2) is 4.79 Å². The average molecular weight is 213 g/mol. The molecule has 0 aliphatic rings. The molecule has 0 aromatic rings. The highest BCUT2D eigenvalue weighted by molar-refractivity contribution is 6.32. The number of carbonyl (C=O) groups is 2. The van der Waals surface area contributed by atoms with Gasteiger partial charge in [0.1, 0.15) is 6.54 Å². The predicted octanol–water partition coefficient (Wildman–Crippen LogP) is 0.570. The Kier molecular flexibility index (Phi) is 4.39. The SMILES string of the molecule is CCOC(=O)C(=O)N(C)CC(F)(F)F. The van der Waals surface area contributed by atoms with E-state index >= 15 is 0 Å². The van der Waals surface area contributed by atoms with Crippen LogP contribution in [0, 0.1) is 0 Å². The van der Waals surface area contributed by atoms with Gasteiger partial charge in [-0.1, -0.05) is 0 Å². The summed E-state index contributed by atoms with van der Waals surface area (Å²) in [7, 11) is 0.882. The number of hydrogen-bond donors (Lipinski definition) is 0. The van der Waals surface area contributed by atoms with E-state index in [2.05, 4.69) is 4.74 Å². The first-order valence-corrected chi connectivity index (χ1v) is 3.77. The smallest absolute Gasteiger partial charge is 0.406 e. The minimum atomic E-state index is -4.52. The first kappa shape index (κ1) is 12.7. The number of carbonyl (C=O) groups excluding carboxylic acids is 2. The van der Waals surface area contributed by atoms with Crippen molar-refractivity contribution in [2.24, 2.45) is 0 Å². The minimum Gasteiger partial charge on any atom is -0.459 e. The van der Waals surface area contributed by atoms with Crippen molar-refractivity contribution < 1.29 is 27.5 Å². The van der Waals surface area contributed by atoms with Crippen LogP contribution in [0.2, 0.25) is 0 Å². The van der Waals surface area contributed by atoms with Crippen LogP contribution < -0.4 is 0 Å². The predicted molar refractivity (Wildman–Crippen MR) is 40.3 cm³/mol. The van der Waals surface area contributed by atoms with Crippen LogP contribution in [0.15, 0.2) is 0 Å². The molecule has 0 aliphatic carbocycles. The Bertz CT molecular complexity index is 227. The molecular formula is C7H10F3NO3. The lowest BCUT2D eigenvalue weighted by atomic mass is 10.5. The van der Waals surface area contributed by atoms with Gasteiger partial charge in [-0.2, -0.15) is 13.2 Å². The largest absolute Gasteiger partial charge is 0.459 e. The van der Waals surface area contributed by atoms with E-state index in [0.29, 0.717) is 0 Å². The number of halogens is 3. The number of ether oxygens (including phenoxy) is 1. The summed E-state index contributed by atoms with van der Waals surface area (Å²) >= 11 is 0. The fraction of sp³-hybridized carbons (Fsp3) is 0.714. The van der Waals surface area contributed by atoms with Crippen molar-refractivity contribution in [2.45, 2.75) is 13.1 Å². The molecule has 0 aromatic carbocycles. The van der Waals surface area contributed by atoms with Gasteiger partial charge in [0.25, 0.3) is 0 Å². The number of hydrogen-bond acceptors (Lipinski definition) is 3. The van der Waals surface area contributed by atoms with E-state index < -0.39 is 24.6 Å². The van der Waals surface area contributed by atoms with Gasteiger partial charge in [-0.05, 0) is 6.92 Å². The third kappa shape index (κ3) is 4.68. The second-order valence-electron chi connectivity index (χ2n) is 2.50. The Labute approximate surface area is 78.6 Å². The maximum Gasteiger partial charge on any atom is 0.406 e. The van der Waals surface area contributed by atoms with Crippen LogP contribution in [-0.2, 0) is 14.3 Å². The number of alkyl halides is 3. The second kappa shape index (κ2) is 4.83. The molecule has 0 aromatic heterocycles. The van der Waals surface area contributed by atoms with Gasteiger partial charge in [-0.15, -0.1) is 0 Å². The number of nitrogens with zero attached hydrogens (tertiary/aromatic N) is 1. The molecule has 7 heteroatoms. The molecule has 0 atom stereocenters. The molecule has 0 saturated heterocycles. The molecule has 0 aliphatic heterocycles. The molecule has 14 heavy (non-hydrogen) atoms. The topological polar surface area (TPSA) is 46.6 Å². The monoisotopic (exact) mass is 213 g/mol. The van der Waals surface area contributed by atoms with E-state index in [9.17, 15) is 22.8 Å². The quantitative estimate of drug-likeness (QED) is 0.497. The maximum absolute atomic E-state index is 11.8. The van der Waals surface area contributed by atoms with E-state index in [-0.39, 0.29) is 11.5 Å². The Hall–Kier alpha value is -1.27. The van der Waals surface area contributed by atoms with E-state index in [1.165, 1.54) is 6.92 Å². The highest BCUT2D eigenvalue weighted by atomic mass is 19.4. The fourth-order valence-corrected chi connectivity index (χ4v) is 0.689. The average Bonchev–Trinajstić information content (AvgIpc) is 2.00. The van der Waals surface area contributed by atoms with Crippen LogP contribution >= 0.6 is 0 Å². The van der Waals surface area contributed by atoms with Gasteiger partial charge < -0.3 is 9.64 Å². The molecule has 0 fully saturated rings. The van der Waals surface area contributed by atoms with Gasteiger partial charge in [0, 0.05) is 7.05 Å². The van der Waals surface area contributed by atoms with Crippen molar-refractivity contribution in [3.63, 3.8) is 0 Å². The molecule has 1 amide bonds. The van der Waals surface area contributed by atoms with Crippen molar-refractivity contribution in [1.82, 2.24) is 4.90 Å². The molecule has 0 unspecified atom stereocenters. The fourth-order valence-electron chi connectivity index (χ4n) is 0.689. The number of likely N-dealkylation sites (N-methyl/N-ethyl adjacent to an activating group) is 1. The van der Waals surface area contributed by atoms with Crippen molar-refractivity contribution in [1.29, 1.82) is 0 Å². The summed E-state index contributed by atoms with van der Waals surface area (Å²) in [5.41, 5.74) is 0. The first-order valence-electron chi connectivity index (χ1n) is 3.77. The Morgan fingerprint density at radius 3 is 2.21 bits per heavy atom. The lowest BCUT2D eigenvalue weighted by Crippen LogP contribution is -2.40. The van der Waals surface area contributed by atoms with Crippen LogP contribution in [0.3, 0.4) is 0 Å². The minimum absolute atomic E-state index is 0.0512. The molecule has 0 spiro atoms. The normalized spacial score (nSPS) is 10.9. The van der Waals surface area contributed by atoms with Crippen LogP contribution in [-0.4, -0.2) is 43.2 Å². The molecule has 0 rings (SSSR count). The third-order valence-electron chi connectivity index (χ3n) is 1.21. The summed E-state index contributed by atoms with van der Waals surface area (Å²) in [6, 6.07) is 0. The summed E-state index contributed by atoms with van der Waals surface area (Å²) < 4.78 is 39.6. The maximum atomic E-state index is 11.8. The molecule has 82 valence electrons. The lowest BCUT2D eigenvalue weighted by Gasteiger charge is -2.17. The number of rotatable bonds is 2. The van der Waals surface area contributed by atoms with Crippen LogP contribution in [0.5, 0.6) is 0 Å². The third-order valence-corrected chi connectivity index (χ3v) is 1.21. The van der Waals surface area contributed by atoms with E-state index in [1.54, 1.807) is 0 Å². The van der Waals surface area contributed by atoms with Crippen LogP contribution in [0.4, 0.5) is 13.2 Å². The molecule has 0 N–H and O–H groups in total. The zero-order valence-corrected chi connectivity index (χ0v) is 7.72. The van der Waals surface area contributed by atoms with Gasteiger partial charge in [0.2, 0.25) is 0 Å². The van der Waals surface area contributed by atoms with E-state index in [1.807, 2.05) is 0 Å². The van der Waals surface area contributed by atoms with Gasteiger partial charge in [-0.3, -0.25) is 4.79 Å². The van der Waals surface area contributed by atoms with Gasteiger partial charge in [0.05, 0.1) is 6.61 Å². The Balaban J connectivity index is 4.19. The van der Waals surface area contributed by atoms with Crippen molar-refractivity contribution in [3.05, 3.63) is 0 Å². The molecule has 0 heterocycles. The highest BCUT2D eigenvalue weighted by Crippen LogP contribution is 2.15. The zero-order chi connectivity index (χ0) is 11.4. The van der Waals surface area contributed by atoms with E-state index in [0.717, 1.165) is 7.05 Å². The number of amides is 1. The Morgan fingerprint density at radius 2 is 1.86 bits per heavy atom. The summed E-state index contributed by atoms with van der Waals surface area (Å²) in [6.07, 6.45) is -4.52. The van der Waals surface area contributed by atoms with Crippen LogP contribution in [0.25, 0.3) is 0 Å². The second-order valence-corrected chi connectivity index (χ2v) is 2.50. The van der Waals surface area contributed by atoms with Crippen molar-refractivity contribution in [2.75, 3.05) is 20.2 Å². The van der Waals surface area contributed by atoms with E-state index in [4.69, 9.17) is 0 Å². The summed E-state index contributed by atoms with van der Waals surface area (Å²) in [4.78, 5) is 21.8. The summed E-state index contributed by atoms with van der Waals surface area (Å²) in [6.45, 7) is -0.0655. The molecule has 0 radical (unpaired) electrons. The van der Waals surface area contributed by atoms with Gasteiger partial charge >= 0.3 is 18.1 Å². The van der Waals surface area contributed by atoms with Crippen molar-refractivity contribution >= 4 is 11.9 Å². The molecule has 4 nitrogen and oxygen atoms in total. The molecule has 0 saturated carbocycles. The van der Waals surface area contributed by atoms with Crippen molar-refractivity contribution in [3.8, 4) is 0 Å².